The fraction of sp³-hybridized carbons (Fsp3) is 0.167. The molecule has 0 aliphatic carbocycles. The van der Waals surface area contributed by atoms with E-state index >= 15 is 0 Å². The van der Waals surface area contributed by atoms with Gasteiger partial charge in [0, 0.05) is 28.6 Å². The topological polar surface area (TPSA) is 32.3 Å². The molecule has 0 saturated heterocycles. The van der Waals surface area contributed by atoms with Gasteiger partial charge < -0.3 is 10.4 Å². The first kappa shape index (κ1) is 12.7. The summed E-state index contributed by atoms with van der Waals surface area (Å²) in [7, 11) is 0. The number of phenols is 1. The highest BCUT2D eigenvalue weighted by atomic mass is 35.5. The molecule has 0 aliphatic rings. The molecule has 1 aromatic carbocycles. The molecule has 0 spiro atoms. The molecular formula is C12H11Cl2NOS. The number of benzene rings is 1. The SMILES string of the molecule is Oc1ccc(Cl)cc1CNCc1ccc(Cl)s1. The van der Waals surface area contributed by atoms with E-state index in [1.54, 1.807) is 29.5 Å². The Morgan fingerprint density at radius 2 is 1.94 bits per heavy atom. The minimum atomic E-state index is 0.256. The van der Waals surface area contributed by atoms with Crippen molar-refractivity contribution in [1.29, 1.82) is 0 Å². The maximum absolute atomic E-state index is 9.62. The molecule has 0 saturated carbocycles. The lowest BCUT2D eigenvalue weighted by molar-refractivity contribution is 0.464. The van der Waals surface area contributed by atoms with Crippen molar-refractivity contribution in [2.45, 2.75) is 13.1 Å². The Balaban J connectivity index is 1.91. The summed E-state index contributed by atoms with van der Waals surface area (Å²) >= 11 is 13.2. The molecule has 0 fully saturated rings. The number of aromatic hydroxyl groups is 1. The van der Waals surface area contributed by atoms with Crippen LogP contribution in [0.25, 0.3) is 0 Å². The Morgan fingerprint density at radius 1 is 1.12 bits per heavy atom. The zero-order chi connectivity index (χ0) is 12.3. The van der Waals surface area contributed by atoms with Crippen molar-refractivity contribution in [3.8, 4) is 5.75 Å². The maximum atomic E-state index is 9.62. The summed E-state index contributed by atoms with van der Waals surface area (Å²) in [5.74, 6) is 0.256. The van der Waals surface area contributed by atoms with Crippen LogP contribution in [0.3, 0.4) is 0 Å². The van der Waals surface area contributed by atoms with Crippen LogP contribution in [-0.2, 0) is 13.1 Å². The number of nitrogens with one attached hydrogen (secondary N) is 1. The quantitative estimate of drug-likeness (QED) is 0.889. The Kier molecular flexibility index (Phi) is 4.29. The number of halogens is 2. The minimum Gasteiger partial charge on any atom is -0.508 e. The molecule has 0 amide bonds. The van der Waals surface area contributed by atoms with Crippen LogP contribution in [0.5, 0.6) is 5.75 Å². The first-order chi connectivity index (χ1) is 8.15. The highest BCUT2D eigenvalue weighted by molar-refractivity contribution is 7.16. The van der Waals surface area contributed by atoms with Gasteiger partial charge in [-0.05, 0) is 30.3 Å². The largest absolute Gasteiger partial charge is 0.508 e. The average molecular weight is 288 g/mol. The summed E-state index contributed by atoms with van der Waals surface area (Å²) in [6.07, 6.45) is 0. The second-order valence-electron chi connectivity index (χ2n) is 3.58. The Hall–Kier alpha value is -0.740. The summed E-state index contributed by atoms with van der Waals surface area (Å²) in [6, 6.07) is 8.88. The van der Waals surface area contributed by atoms with Crippen LogP contribution in [0.2, 0.25) is 9.36 Å². The Morgan fingerprint density at radius 3 is 2.65 bits per heavy atom. The van der Waals surface area contributed by atoms with Gasteiger partial charge in [-0.1, -0.05) is 23.2 Å². The fourth-order valence-electron chi connectivity index (χ4n) is 1.46. The first-order valence-electron chi connectivity index (χ1n) is 5.07. The third-order valence-corrected chi connectivity index (χ3v) is 3.75. The van der Waals surface area contributed by atoms with Gasteiger partial charge in [-0.2, -0.15) is 0 Å². The summed E-state index contributed by atoms with van der Waals surface area (Å²) in [5.41, 5.74) is 0.792. The molecule has 5 heteroatoms. The second-order valence-corrected chi connectivity index (χ2v) is 5.82. The molecule has 0 unspecified atom stereocenters. The molecule has 2 rings (SSSR count). The molecule has 0 atom stereocenters. The monoisotopic (exact) mass is 287 g/mol. The lowest BCUT2D eigenvalue weighted by Gasteiger charge is -2.06. The van der Waals surface area contributed by atoms with Crippen LogP contribution >= 0.6 is 34.5 Å². The number of phenolic OH excluding ortho intramolecular Hbond substituents is 1. The van der Waals surface area contributed by atoms with Crippen molar-refractivity contribution in [2.75, 3.05) is 0 Å². The van der Waals surface area contributed by atoms with Crippen LogP contribution in [0.15, 0.2) is 30.3 Å². The maximum Gasteiger partial charge on any atom is 0.120 e. The van der Waals surface area contributed by atoms with Crippen LogP contribution in [0, 0.1) is 0 Å². The fourth-order valence-corrected chi connectivity index (χ4v) is 2.71. The van der Waals surface area contributed by atoms with E-state index in [4.69, 9.17) is 23.2 Å². The molecular weight excluding hydrogens is 277 g/mol. The molecule has 0 bridgehead atoms. The first-order valence-corrected chi connectivity index (χ1v) is 6.65. The molecule has 17 heavy (non-hydrogen) atoms. The minimum absolute atomic E-state index is 0.256. The van der Waals surface area contributed by atoms with E-state index in [1.165, 1.54) is 0 Å². The van der Waals surface area contributed by atoms with E-state index in [1.807, 2.05) is 12.1 Å². The van der Waals surface area contributed by atoms with Gasteiger partial charge >= 0.3 is 0 Å². The van der Waals surface area contributed by atoms with E-state index < -0.39 is 0 Å². The number of rotatable bonds is 4. The highest BCUT2D eigenvalue weighted by Gasteiger charge is 2.02. The summed E-state index contributed by atoms with van der Waals surface area (Å²) in [5, 5.41) is 13.5. The van der Waals surface area contributed by atoms with Gasteiger partial charge in [-0.15, -0.1) is 11.3 Å². The van der Waals surface area contributed by atoms with E-state index in [0.29, 0.717) is 11.6 Å². The molecule has 1 aromatic heterocycles. The smallest absolute Gasteiger partial charge is 0.120 e. The van der Waals surface area contributed by atoms with E-state index in [9.17, 15) is 5.11 Å². The molecule has 2 N–H and O–H groups in total. The third-order valence-electron chi connectivity index (χ3n) is 2.29. The van der Waals surface area contributed by atoms with Crippen LogP contribution < -0.4 is 5.32 Å². The zero-order valence-electron chi connectivity index (χ0n) is 8.91. The van der Waals surface area contributed by atoms with Gasteiger partial charge in [-0.25, -0.2) is 0 Å². The van der Waals surface area contributed by atoms with Gasteiger partial charge in [-0.3, -0.25) is 0 Å². The van der Waals surface area contributed by atoms with E-state index in [2.05, 4.69) is 5.32 Å². The van der Waals surface area contributed by atoms with Crippen LogP contribution in [0.1, 0.15) is 10.4 Å². The Labute approximate surface area is 114 Å². The lowest BCUT2D eigenvalue weighted by Crippen LogP contribution is -2.11. The summed E-state index contributed by atoms with van der Waals surface area (Å²) in [6.45, 7) is 1.30. The van der Waals surface area contributed by atoms with Crippen molar-refractivity contribution in [1.82, 2.24) is 5.32 Å². The van der Waals surface area contributed by atoms with Gasteiger partial charge in [0.1, 0.15) is 5.75 Å². The molecule has 90 valence electrons. The number of hydrogen-bond acceptors (Lipinski definition) is 3. The molecule has 2 aromatic rings. The van der Waals surface area contributed by atoms with Crippen molar-refractivity contribution in [3.05, 3.63) is 50.1 Å². The van der Waals surface area contributed by atoms with Gasteiger partial charge in [0.25, 0.3) is 0 Å². The highest BCUT2D eigenvalue weighted by Crippen LogP contribution is 2.23. The van der Waals surface area contributed by atoms with Crippen LogP contribution in [0.4, 0.5) is 0 Å². The predicted molar refractivity (Wildman–Crippen MR) is 73.0 cm³/mol. The molecule has 0 radical (unpaired) electrons. The predicted octanol–water partition coefficient (Wildman–Crippen LogP) is 4.05. The average Bonchev–Trinajstić information content (AvgIpc) is 2.69. The summed E-state index contributed by atoms with van der Waals surface area (Å²) < 4.78 is 0.785. The Bertz CT molecular complexity index is 513. The normalized spacial score (nSPS) is 10.7. The van der Waals surface area contributed by atoms with Crippen molar-refractivity contribution >= 4 is 34.5 Å². The molecule has 0 aliphatic heterocycles. The van der Waals surface area contributed by atoms with Gasteiger partial charge in [0.05, 0.1) is 4.34 Å². The van der Waals surface area contributed by atoms with Crippen LogP contribution in [-0.4, -0.2) is 5.11 Å². The zero-order valence-corrected chi connectivity index (χ0v) is 11.2. The molecule has 1 heterocycles. The molecule has 2 nitrogen and oxygen atoms in total. The standard InChI is InChI=1S/C12H11Cl2NOS/c13-9-1-3-11(16)8(5-9)6-15-7-10-2-4-12(14)17-10/h1-5,15-16H,6-7H2. The summed E-state index contributed by atoms with van der Waals surface area (Å²) in [4.78, 5) is 1.16. The number of thiophene rings is 1. The van der Waals surface area contributed by atoms with E-state index in [0.717, 1.165) is 21.3 Å². The van der Waals surface area contributed by atoms with Crippen molar-refractivity contribution in [2.24, 2.45) is 0 Å². The van der Waals surface area contributed by atoms with Gasteiger partial charge in [0.15, 0.2) is 0 Å². The third kappa shape index (κ3) is 3.61. The van der Waals surface area contributed by atoms with Gasteiger partial charge in [0.2, 0.25) is 0 Å². The van der Waals surface area contributed by atoms with Crippen molar-refractivity contribution in [3.63, 3.8) is 0 Å². The second kappa shape index (κ2) is 5.74. The van der Waals surface area contributed by atoms with Crippen molar-refractivity contribution < 1.29 is 5.11 Å². The van der Waals surface area contributed by atoms with E-state index in [-0.39, 0.29) is 5.75 Å². The lowest BCUT2D eigenvalue weighted by atomic mass is 10.2. The number of hydrogen-bond donors (Lipinski definition) is 2.